The minimum Gasteiger partial charge on any atom is -0.326 e. The molecule has 0 aliphatic rings. The average molecular weight is 509 g/mol. The summed E-state index contributed by atoms with van der Waals surface area (Å²) < 4.78 is 2.07. The normalized spacial score (nSPS) is 11.1. The summed E-state index contributed by atoms with van der Waals surface area (Å²) in [5, 5.41) is 19.3. The Hall–Kier alpha value is -3.69. The Morgan fingerprint density at radius 3 is 2.58 bits per heavy atom. The molecule has 0 unspecified atom stereocenters. The fraction of sp³-hybridized carbons (Fsp3) is 0.308. The lowest BCUT2D eigenvalue weighted by molar-refractivity contribution is -0.129. The topological polar surface area (TPSA) is 125 Å². The van der Waals surface area contributed by atoms with Crippen molar-refractivity contribution in [3.8, 4) is 11.3 Å². The monoisotopic (exact) mass is 508 g/mol. The van der Waals surface area contributed by atoms with Gasteiger partial charge in [0.15, 0.2) is 5.82 Å². The lowest BCUT2D eigenvalue weighted by Crippen LogP contribution is -2.17. The third kappa shape index (κ3) is 6.30. The standard InChI is InChI=1S/C26H29ClN6O3/c1-17-7-6-8-20(27)19(17)15-33-16-28-21-12-11-18(13-23(21)33)22-14-24(31-30-22)29-25(34)9-4-2-3-5-10-26(35)32-36/h6-8,11-14,16,36H,2-5,9-10,15H2,1H3,(H,32,35)(H2,29,30,31,34). The molecular formula is C26H29ClN6O3. The minimum atomic E-state index is -0.388. The number of nitrogens with zero attached hydrogens (tertiary/aromatic N) is 3. The predicted octanol–water partition coefficient (Wildman–Crippen LogP) is 5.22. The molecule has 4 aromatic rings. The summed E-state index contributed by atoms with van der Waals surface area (Å²) in [5.74, 6) is -0.0268. The van der Waals surface area contributed by atoms with Crippen LogP contribution in [0.3, 0.4) is 0 Å². The van der Waals surface area contributed by atoms with Crippen molar-refractivity contribution in [3.63, 3.8) is 0 Å². The molecule has 2 aromatic carbocycles. The minimum absolute atomic E-state index is 0.107. The number of amides is 2. The molecule has 0 atom stereocenters. The highest BCUT2D eigenvalue weighted by Gasteiger charge is 2.12. The molecule has 188 valence electrons. The van der Waals surface area contributed by atoms with E-state index >= 15 is 0 Å². The van der Waals surface area contributed by atoms with Crippen molar-refractivity contribution >= 4 is 40.3 Å². The number of aromatic nitrogens is 4. The second-order valence-electron chi connectivity index (χ2n) is 8.78. The summed E-state index contributed by atoms with van der Waals surface area (Å²) in [4.78, 5) is 27.8. The Labute approximate surface area is 213 Å². The van der Waals surface area contributed by atoms with Crippen LogP contribution in [0.5, 0.6) is 0 Å². The second kappa shape index (κ2) is 11.8. The summed E-state index contributed by atoms with van der Waals surface area (Å²) in [6.45, 7) is 2.66. The maximum Gasteiger partial charge on any atom is 0.243 e. The molecule has 9 nitrogen and oxygen atoms in total. The van der Waals surface area contributed by atoms with E-state index in [1.165, 1.54) is 0 Å². The van der Waals surface area contributed by atoms with Crippen molar-refractivity contribution in [1.82, 2.24) is 25.2 Å². The molecule has 4 N–H and O–H groups in total. The lowest BCUT2D eigenvalue weighted by Gasteiger charge is -2.10. The smallest absolute Gasteiger partial charge is 0.243 e. The fourth-order valence-electron chi connectivity index (χ4n) is 4.11. The Balaban J connectivity index is 1.36. The van der Waals surface area contributed by atoms with Crippen LogP contribution in [0.2, 0.25) is 5.02 Å². The zero-order valence-corrected chi connectivity index (χ0v) is 20.8. The number of hydroxylamine groups is 1. The molecule has 0 spiro atoms. The van der Waals surface area contributed by atoms with Crippen molar-refractivity contribution < 1.29 is 14.8 Å². The van der Waals surface area contributed by atoms with Gasteiger partial charge in [-0.2, -0.15) is 5.10 Å². The lowest BCUT2D eigenvalue weighted by atomic mass is 10.1. The number of hydrogen-bond donors (Lipinski definition) is 4. The molecular weight excluding hydrogens is 480 g/mol. The maximum absolute atomic E-state index is 12.3. The number of nitrogens with one attached hydrogen (secondary N) is 3. The second-order valence-corrected chi connectivity index (χ2v) is 9.18. The van der Waals surface area contributed by atoms with Crippen molar-refractivity contribution in [2.75, 3.05) is 5.32 Å². The Bertz CT molecular complexity index is 1340. The number of aromatic amines is 1. The number of H-pyrrole nitrogens is 1. The number of carbonyl (C=O) groups is 2. The molecule has 0 aliphatic heterocycles. The van der Waals surface area contributed by atoms with Crippen LogP contribution in [0.4, 0.5) is 5.82 Å². The number of carbonyl (C=O) groups excluding carboxylic acids is 2. The number of benzene rings is 2. The number of imidazole rings is 1. The van der Waals surface area contributed by atoms with Crippen molar-refractivity contribution in [3.05, 3.63) is 64.9 Å². The SMILES string of the molecule is Cc1cccc(Cl)c1Cn1cnc2ccc(-c3cc(NC(=O)CCCCCCC(=O)NO)n[nH]3)cc21. The van der Waals surface area contributed by atoms with Gasteiger partial charge in [0, 0.05) is 29.5 Å². The van der Waals surface area contributed by atoms with Crippen LogP contribution in [-0.2, 0) is 16.1 Å². The van der Waals surface area contributed by atoms with Gasteiger partial charge >= 0.3 is 0 Å². The summed E-state index contributed by atoms with van der Waals surface area (Å²) in [7, 11) is 0. The zero-order chi connectivity index (χ0) is 25.5. The van der Waals surface area contributed by atoms with E-state index in [9.17, 15) is 9.59 Å². The van der Waals surface area contributed by atoms with Gasteiger partial charge in [0.05, 0.1) is 29.6 Å². The summed E-state index contributed by atoms with van der Waals surface area (Å²) >= 11 is 6.44. The molecule has 36 heavy (non-hydrogen) atoms. The zero-order valence-electron chi connectivity index (χ0n) is 20.1. The van der Waals surface area contributed by atoms with Gasteiger partial charge < -0.3 is 9.88 Å². The van der Waals surface area contributed by atoms with Gasteiger partial charge in [0.25, 0.3) is 0 Å². The quantitative estimate of drug-likeness (QED) is 0.125. The third-order valence-corrected chi connectivity index (χ3v) is 6.50. The van der Waals surface area contributed by atoms with Gasteiger partial charge in [-0.05, 0) is 49.1 Å². The van der Waals surface area contributed by atoms with Gasteiger partial charge in [0.1, 0.15) is 0 Å². The van der Waals surface area contributed by atoms with Crippen LogP contribution in [0, 0.1) is 6.92 Å². The first-order chi connectivity index (χ1) is 17.4. The number of fused-ring (bicyclic) bond motifs is 1. The molecule has 0 bridgehead atoms. The van der Waals surface area contributed by atoms with E-state index in [4.69, 9.17) is 16.8 Å². The van der Waals surface area contributed by atoms with Crippen LogP contribution >= 0.6 is 11.6 Å². The van der Waals surface area contributed by atoms with Gasteiger partial charge in [-0.1, -0.05) is 42.6 Å². The highest BCUT2D eigenvalue weighted by Crippen LogP contribution is 2.27. The molecule has 0 radical (unpaired) electrons. The van der Waals surface area contributed by atoms with Crippen molar-refractivity contribution in [2.24, 2.45) is 0 Å². The first-order valence-electron chi connectivity index (χ1n) is 11.9. The Kier molecular flexibility index (Phi) is 8.35. The Morgan fingerprint density at radius 1 is 1.06 bits per heavy atom. The van der Waals surface area contributed by atoms with Crippen molar-refractivity contribution in [2.45, 2.75) is 52.0 Å². The molecule has 0 saturated carbocycles. The molecule has 2 aromatic heterocycles. The highest BCUT2D eigenvalue weighted by atomic mass is 35.5. The van der Waals surface area contributed by atoms with Crippen LogP contribution in [-0.4, -0.2) is 36.8 Å². The van der Waals surface area contributed by atoms with E-state index in [0.29, 0.717) is 25.2 Å². The summed E-state index contributed by atoms with van der Waals surface area (Å²) in [6, 6.07) is 13.7. The number of aryl methyl sites for hydroxylation is 1. The fourth-order valence-corrected chi connectivity index (χ4v) is 4.39. The maximum atomic E-state index is 12.3. The molecule has 0 aliphatic carbocycles. The molecule has 2 amide bonds. The van der Waals surface area contributed by atoms with E-state index in [0.717, 1.165) is 57.7 Å². The van der Waals surface area contributed by atoms with Gasteiger partial charge in [-0.15, -0.1) is 0 Å². The first-order valence-corrected chi connectivity index (χ1v) is 12.3. The molecule has 0 saturated heterocycles. The summed E-state index contributed by atoms with van der Waals surface area (Å²) in [5.41, 5.74) is 7.38. The van der Waals surface area contributed by atoms with E-state index in [2.05, 4.69) is 25.1 Å². The van der Waals surface area contributed by atoms with E-state index < -0.39 is 0 Å². The number of halogens is 1. The third-order valence-electron chi connectivity index (χ3n) is 6.14. The van der Waals surface area contributed by atoms with E-state index in [1.54, 1.807) is 5.48 Å². The molecule has 0 fully saturated rings. The van der Waals surface area contributed by atoms with Crippen LogP contribution in [0.15, 0.2) is 48.8 Å². The number of unbranched alkanes of at least 4 members (excludes halogenated alkanes) is 3. The van der Waals surface area contributed by atoms with E-state index in [-0.39, 0.29) is 18.2 Å². The average Bonchev–Trinajstić information content (AvgIpc) is 3.50. The number of hydrogen-bond acceptors (Lipinski definition) is 5. The van der Waals surface area contributed by atoms with Crippen LogP contribution in [0.1, 0.15) is 49.7 Å². The van der Waals surface area contributed by atoms with Crippen LogP contribution in [0.25, 0.3) is 22.3 Å². The predicted molar refractivity (Wildman–Crippen MR) is 139 cm³/mol. The van der Waals surface area contributed by atoms with Crippen LogP contribution < -0.4 is 10.8 Å². The molecule has 2 heterocycles. The molecule has 4 rings (SSSR count). The van der Waals surface area contributed by atoms with Gasteiger partial charge in [0.2, 0.25) is 11.8 Å². The van der Waals surface area contributed by atoms with Crippen molar-refractivity contribution in [1.29, 1.82) is 0 Å². The highest BCUT2D eigenvalue weighted by molar-refractivity contribution is 6.31. The largest absolute Gasteiger partial charge is 0.326 e. The van der Waals surface area contributed by atoms with Gasteiger partial charge in [-0.3, -0.25) is 19.9 Å². The first kappa shape index (κ1) is 25.4. The molecule has 10 heteroatoms. The number of anilines is 1. The number of rotatable bonds is 11. The van der Waals surface area contributed by atoms with Gasteiger partial charge in [-0.25, -0.2) is 10.5 Å². The Morgan fingerprint density at radius 2 is 1.83 bits per heavy atom. The summed E-state index contributed by atoms with van der Waals surface area (Å²) in [6.07, 6.45) is 5.53. The van der Waals surface area contributed by atoms with E-state index in [1.807, 2.05) is 55.7 Å².